The fourth-order valence-electron chi connectivity index (χ4n) is 5.84. The van der Waals surface area contributed by atoms with Gasteiger partial charge in [-0.1, -0.05) is 72.2 Å². The van der Waals surface area contributed by atoms with Gasteiger partial charge in [0.1, 0.15) is 5.82 Å². The first kappa shape index (κ1) is 29.5. The van der Waals surface area contributed by atoms with Crippen molar-refractivity contribution in [3.63, 3.8) is 0 Å². The summed E-state index contributed by atoms with van der Waals surface area (Å²) in [5, 5.41) is 15.3. The third-order valence-electron chi connectivity index (χ3n) is 8.32. The van der Waals surface area contributed by atoms with Crippen molar-refractivity contribution in [2.45, 2.75) is 44.2 Å². The molecule has 0 atom stereocenters. The Morgan fingerprint density at radius 1 is 0.909 bits per heavy atom. The fraction of sp³-hybridized carbons (Fsp3) is 0.333. The van der Waals surface area contributed by atoms with E-state index in [1.165, 1.54) is 6.07 Å². The Morgan fingerprint density at radius 3 is 2.30 bits per heavy atom. The van der Waals surface area contributed by atoms with Gasteiger partial charge in [0.05, 0.1) is 0 Å². The van der Waals surface area contributed by atoms with Crippen LogP contribution in [0.15, 0.2) is 77.3 Å². The van der Waals surface area contributed by atoms with Gasteiger partial charge in [0.25, 0.3) is 11.8 Å². The largest absolute Gasteiger partial charge is 0.506 e. The molecule has 0 radical (unpaired) electrons. The molecule has 2 aliphatic rings. The second kappa shape index (κ2) is 12.9. The quantitative estimate of drug-likeness (QED) is 0.244. The van der Waals surface area contributed by atoms with Gasteiger partial charge in [0.2, 0.25) is 5.82 Å². The van der Waals surface area contributed by atoms with E-state index < -0.39 is 11.8 Å². The van der Waals surface area contributed by atoms with Crippen molar-refractivity contribution < 1.29 is 28.3 Å². The first-order valence-electron chi connectivity index (χ1n) is 14.9. The second-order valence-electron chi connectivity index (χ2n) is 11.3. The first-order valence-corrected chi connectivity index (χ1v) is 14.9. The number of ether oxygens (including phenoxy) is 1. The van der Waals surface area contributed by atoms with Gasteiger partial charge in [0.15, 0.2) is 5.60 Å². The number of nitrogens with one attached hydrogen (secondary N) is 1. The molecule has 0 saturated carbocycles. The van der Waals surface area contributed by atoms with E-state index in [2.05, 4.69) is 20.5 Å². The van der Waals surface area contributed by atoms with E-state index in [4.69, 9.17) is 9.26 Å². The summed E-state index contributed by atoms with van der Waals surface area (Å²) in [5.41, 5.74) is 5.08. The lowest BCUT2D eigenvalue weighted by Crippen LogP contribution is -2.59. The molecule has 2 saturated heterocycles. The van der Waals surface area contributed by atoms with Crippen LogP contribution in [0.1, 0.15) is 37.7 Å². The first-order chi connectivity index (χ1) is 21.4. The summed E-state index contributed by atoms with van der Waals surface area (Å²) >= 11 is 0. The number of hydrazine groups is 1. The van der Waals surface area contributed by atoms with Gasteiger partial charge >= 0.3 is 6.16 Å². The van der Waals surface area contributed by atoms with Gasteiger partial charge < -0.3 is 14.4 Å². The number of piperidine rings is 2. The molecular weight excluding hydrogens is 565 g/mol. The van der Waals surface area contributed by atoms with E-state index in [-0.39, 0.29) is 30.5 Å². The summed E-state index contributed by atoms with van der Waals surface area (Å²) in [6, 6.07) is 21.9. The molecule has 1 amide bonds. The zero-order chi connectivity index (χ0) is 30.5. The number of carbonyl (C=O) groups excluding carboxylic acids is 1. The van der Waals surface area contributed by atoms with Crippen molar-refractivity contribution in [2.75, 3.05) is 26.2 Å². The molecule has 0 bridgehead atoms. The molecule has 11 heteroatoms. The Labute approximate surface area is 254 Å². The van der Waals surface area contributed by atoms with Gasteiger partial charge in [-0.3, -0.25) is 15.1 Å². The number of amides is 1. The number of hydrogen-bond donors (Lipinski definition) is 2. The van der Waals surface area contributed by atoms with Crippen molar-refractivity contribution in [3.8, 4) is 34.0 Å². The molecule has 0 spiro atoms. The minimum atomic E-state index is -1.44. The number of benzene rings is 3. The third kappa shape index (κ3) is 6.63. The lowest BCUT2D eigenvalue weighted by Gasteiger charge is -2.40. The summed E-state index contributed by atoms with van der Waals surface area (Å²) in [6.45, 7) is 3.15. The van der Waals surface area contributed by atoms with Crippen molar-refractivity contribution >= 4 is 12.1 Å². The fourth-order valence-corrected chi connectivity index (χ4v) is 5.84. The molecule has 3 heterocycles. The van der Waals surface area contributed by atoms with Crippen LogP contribution in [0.4, 0.5) is 9.18 Å². The average molecular weight is 600 g/mol. The Morgan fingerprint density at radius 2 is 1.61 bits per heavy atom. The highest BCUT2D eigenvalue weighted by Crippen LogP contribution is 2.30. The summed E-state index contributed by atoms with van der Waals surface area (Å²) < 4.78 is 25.5. The molecule has 3 aromatic carbocycles. The predicted molar refractivity (Wildman–Crippen MR) is 160 cm³/mol. The number of likely N-dealkylation sites (tertiary alicyclic amines) is 1. The van der Waals surface area contributed by atoms with E-state index in [0.29, 0.717) is 36.6 Å². The van der Waals surface area contributed by atoms with Crippen molar-refractivity contribution in [1.82, 2.24) is 25.5 Å². The Bertz CT molecular complexity index is 1600. The maximum Gasteiger partial charge on any atom is 0.506 e. The highest BCUT2D eigenvalue weighted by atomic mass is 19.1. The van der Waals surface area contributed by atoms with Gasteiger partial charge in [-0.2, -0.15) is 4.98 Å². The van der Waals surface area contributed by atoms with E-state index in [1.54, 1.807) is 12.1 Å². The second-order valence-corrected chi connectivity index (χ2v) is 11.3. The number of carbonyl (C=O) groups is 2. The molecule has 1 aromatic heterocycles. The van der Waals surface area contributed by atoms with Crippen molar-refractivity contribution in [1.29, 1.82) is 0 Å². The van der Waals surface area contributed by atoms with E-state index in [9.17, 15) is 19.1 Å². The van der Waals surface area contributed by atoms with Gasteiger partial charge in [0, 0.05) is 62.3 Å². The Hall–Kier alpha value is -4.61. The molecule has 2 fully saturated rings. The van der Waals surface area contributed by atoms with Crippen LogP contribution in [-0.2, 0) is 16.1 Å². The topological polar surface area (TPSA) is 121 Å². The van der Waals surface area contributed by atoms with Crippen molar-refractivity contribution in [2.24, 2.45) is 0 Å². The monoisotopic (exact) mass is 599 g/mol. The van der Waals surface area contributed by atoms with Gasteiger partial charge in [-0.05, 0) is 36.1 Å². The Balaban J connectivity index is 1.07. The predicted octanol–water partition coefficient (Wildman–Crippen LogP) is 5.76. The van der Waals surface area contributed by atoms with Gasteiger partial charge in [-0.15, -0.1) is 0 Å². The van der Waals surface area contributed by atoms with Gasteiger partial charge in [-0.25, -0.2) is 14.2 Å². The summed E-state index contributed by atoms with van der Waals surface area (Å²) in [7, 11) is 0. The number of hydrogen-bond acceptors (Lipinski definition) is 8. The molecule has 2 aliphatic heterocycles. The minimum absolute atomic E-state index is 0.229. The van der Waals surface area contributed by atoms with Crippen LogP contribution in [0.2, 0.25) is 0 Å². The summed E-state index contributed by atoms with van der Waals surface area (Å²) in [6.07, 6.45) is 2.22. The molecule has 2 N–H and O–H groups in total. The van der Waals surface area contributed by atoms with E-state index >= 15 is 0 Å². The maximum atomic E-state index is 14.9. The molecule has 0 unspecified atom stereocenters. The van der Waals surface area contributed by atoms with E-state index in [0.717, 1.165) is 49.0 Å². The summed E-state index contributed by atoms with van der Waals surface area (Å²) in [5.74, 6) is -0.134. The molecule has 44 heavy (non-hydrogen) atoms. The molecule has 4 aromatic rings. The molecule has 228 valence electrons. The highest BCUT2D eigenvalue weighted by Gasteiger charge is 2.46. The molecule has 10 nitrogen and oxygen atoms in total. The normalized spacial score (nSPS) is 17.2. The van der Waals surface area contributed by atoms with Crippen LogP contribution in [-0.4, -0.2) is 69.0 Å². The maximum absolute atomic E-state index is 14.9. The number of rotatable bonds is 8. The van der Waals surface area contributed by atoms with Crippen LogP contribution >= 0.6 is 0 Å². The number of carboxylic acid groups (broad SMARTS) is 1. The average Bonchev–Trinajstić information content (AvgIpc) is 3.54. The van der Waals surface area contributed by atoms with E-state index in [1.807, 2.05) is 59.6 Å². The standard InChI is InChI=1S/C33H34FN5O5/c34-28-21-26(13-14-27(28)24-7-3-1-4-8-24)30-35-29(37-44-30)25-11-9-23(10-12-25)22-38-19-15-33(16-20-38,43-32(41)42)31(40)36-39-17-5-2-6-18-39/h1,3-4,7-14,21H,2,5-6,15-20,22H2,(H,36,40)(H,41,42). The van der Waals surface area contributed by atoms with Crippen LogP contribution in [0.3, 0.4) is 0 Å². The molecular formula is C33H34FN5O5. The number of aromatic nitrogens is 2. The highest BCUT2D eigenvalue weighted by molar-refractivity contribution is 5.86. The third-order valence-corrected chi connectivity index (χ3v) is 8.32. The number of halogens is 1. The SMILES string of the molecule is O=C(O)OC1(C(=O)NN2CCCCC2)CCN(Cc2ccc(-c3noc(-c4ccc(-c5ccccc5)c(F)c4)n3)cc2)CC1. The molecule has 6 rings (SSSR count). The lowest BCUT2D eigenvalue weighted by molar-refractivity contribution is -0.153. The van der Waals surface area contributed by atoms with Crippen LogP contribution in [0.25, 0.3) is 34.0 Å². The zero-order valence-corrected chi connectivity index (χ0v) is 24.2. The summed E-state index contributed by atoms with van der Waals surface area (Å²) in [4.78, 5) is 31.3. The minimum Gasteiger partial charge on any atom is -0.450 e. The smallest absolute Gasteiger partial charge is 0.450 e. The van der Waals surface area contributed by atoms with Crippen LogP contribution in [0, 0.1) is 5.82 Å². The van der Waals surface area contributed by atoms with Crippen LogP contribution in [0.5, 0.6) is 0 Å². The Kier molecular flexibility index (Phi) is 8.67. The number of nitrogens with zero attached hydrogens (tertiary/aromatic N) is 4. The van der Waals surface area contributed by atoms with Crippen molar-refractivity contribution in [3.05, 3.63) is 84.2 Å². The zero-order valence-electron chi connectivity index (χ0n) is 24.2. The molecule has 0 aliphatic carbocycles. The van der Waals surface area contributed by atoms with Crippen LogP contribution < -0.4 is 5.43 Å². The lowest BCUT2D eigenvalue weighted by atomic mass is 9.90.